The maximum absolute atomic E-state index is 12.2. The number of nitrogens with zero attached hydrogens (tertiary/aromatic N) is 1. The summed E-state index contributed by atoms with van der Waals surface area (Å²) in [6, 6.07) is 4.96. The molecule has 2 aliphatic rings. The maximum atomic E-state index is 12.2. The van der Waals surface area contributed by atoms with Gasteiger partial charge >= 0.3 is 11.9 Å². The number of benzene rings is 1. The van der Waals surface area contributed by atoms with Crippen LogP contribution in [0.2, 0.25) is 0 Å². The predicted octanol–water partition coefficient (Wildman–Crippen LogP) is 3.14. The van der Waals surface area contributed by atoms with Crippen LogP contribution in [0.5, 0.6) is 11.5 Å². The maximum Gasteiger partial charge on any atom is 0.339 e. The number of ether oxygens (including phenoxy) is 3. The molecule has 142 valence electrons. The molecule has 0 bridgehead atoms. The molecule has 0 unspecified atom stereocenters. The van der Waals surface area contributed by atoms with Gasteiger partial charge in [-0.3, -0.25) is 0 Å². The Morgan fingerprint density at radius 1 is 1.04 bits per heavy atom. The molecule has 1 aromatic carbocycles. The van der Waals surface area contributed by atoms with Crippen molar-refractivity contribution in [3.8, 4) is 22.8 Å². The first-order chi connectivity index (χ1) is 13.1. The highest BCUT2D eigenvalue weighted by molar-refractivity contribution is 5.99. The van der Waals surface area contributed by atoms with E-state index in [-0.39, 0.29) is 5.56 Å². The molecule has 27 heavy (non-hydrogen) atoms. The molecule has 7 heteroatoms. The van der Waals surface area contributed by atoms with Crippen molar-refractivity contribution in [2.24, 2.45) is 0 Å². The lowest BCUT2D eigenvalue weighted by Crippen LogP contribution is -2.14. The van der Waals surface area contributed by atoms with Crippen LogP contribution in [0.3, 0.4) is 0 Å². The Bertz CT molecular complexity index is 914. The van der Waals surface area contributed by atoms with Gasteiger partial charge in [-0.05, 0) is 37.5 Å². The topological polar surface area (TPSA) is 87.0 Å². The van der Waals surface area contributed by atoms with Crippen molar-refractivity contribution in [1.82, 2.24) is 4.57 Å². The van der Waals surface area contributed by atoms with Crippen molar-refractivity contribution in [3.63, 3.8) is 0 Å². The van der Waals surface area contributed by atoms with Crippen LogP contribution in [0.1, 0.15) is 45.7 Å². The fourth-order valence-electron chi connectivity index (χ4n) is 3.78. The molecule has 0 fully saturated rings. The predicted molar refractivity (Wildman–Crippen MR) is 96.7 cm³/mol. The summed E-state index contributed by atoms with van der Waals surface area (Å²) < 4.78 is 18.3. The zero-order chi connectivity index (χ0) is 19.0. The van der Waals surface area contributed by atoms with Crippen molar-refractivity contribution >= 4 is 11.9 Å². The van der Waals surface area contributed by atoms with E-state index in [4.69, 9.17) is 14.2 Å². The van der Waals surface area contributed by atoms with Gasteiger partial charge in [0.2, 0.25) is 0 Å². The first kappa shape index (κ1) is 17.5. The van der Waals surface area contributed by atoms with Gasteiger partial charge in [-0.2, -0.15) is 0 Å². The summed E-state index contributed by atoms with van der Waals surface area (Å²) in [5, 5.41) is 9.77. The molecule has 2 aliphatic heterocycles. The van der Waals surface area contributed by atoms with Crippen LogP contribution in [0.25, 0.3) is 11.3 Å². The standard InChI is InChI=1S/C20H21NO6/c1-25-20(24)14-9-16(21-6-3-2-5-15(14)21)12-10-17-18(11-13(12)19(22)23)27-8-4-7-26-17/h9-11H,2-8H2,1H3,(H,22,23). The number of hydrogen-bond donors (Lipinski definition) is 1. The Labute approximate surface area is 156 Å². The van der Waals surface area contributed by atoms with Gasteiger partial charge in [-0.1, -0.05) is 0 Å². The molecule has 0 saturated carbocycles. The van der Waals surface area contributed by atoms with Gasteiger partial charge in [0.1, 0.15) is 0 Å². The Morgan fingerprint density at radius 2 is 1.78 bits per heavy atom. The number of fused-ring (bicyclic) bond motifs is 2. The number of hydrogen-bond acceptors (Lipinski definition) is 5. The second-order valence-corrected chi connectivity index (χ2v) is 6.69. The molecule has 0 radical (unpaired) electrons. The summed E-state index contributed by atoms with van der Waals surface area (Å²) in [5.74, 6) is -0.490. The van der Waals surface area contributed by atoms with Crippen molar-refractivity contribution in [1.29, 1.82) is 0 Å². The van der Waals surface area contributed by atoms with Crippen LogP contribution in [0.15, 0.2) is 18.2 Å². The van der Waals surface area contributed by atoms with Crippen molar-refractivity contribution in [2.75, 3.05) is 20.3 Å². The quantitative estimate of drug-likeness (QED) is 0.834. The van der Waals surface area contributed by atoms with Gasteiger partial charge in [-0.15, -0.1) is 0 Å². The summed E-state index contributed by atoms with van der Waals surface area (Å²) >= 11 is 0. The molecule has 0 spiro atoms. The lowest BCUT2D eigenvalue weighted by atomic mass is 10.0. The third kappa shape index (κ3) is 3.03. The van der Waals surface area contributed by atoms with Gasteiger partial charge in [-0.25, -0.2) is 9.59 Å². The highest BCUT2D eigenvalue weighted by Crippen LogP contribution is 2.39. The summed E-state index contributed by atoms with van der Waals surface area (Å²) in [5.41, 5.74) is 2.73. The van der Waals surface area contributed by atoms with Crippen LogP contribution in [-0.4, -0.2) is 41.9 Å². The largest absolute Gasteiger partial charge is 0.490 e. The second-order valence-electron chi connectivity index (χ2n) is 6.69. The van der Waals surface area contributed by atoms with E-state index in [1.165, 1.54) is 13.2 Å². The van der Waals surface area contributed by atoms with Crippen LogP contribution in [-0.2, 0) is 17.7 Å². The molecule has 1 aromatic heterocycles. The smallest absolute Gasteiger partial charge is 0.339 e. The van der Waals surface area contributed by atoms with Gasteiger partial charge < -0.3 is 23.9 Å². The summed E-state index contributed by atoms with van der Waals surface area (Å²) in [6.07, 6.45) is 3.46. The van der Waals surface area contributed by atoms with E-state index < -0.39 is 11.9 Å². The lowest BCUT2D eigenvalue weighted by Gasteiger charge is -2.20. The number of aromatic nitrogens is 1. The number of esters is 1. The molecule has 7 nitrogen and oxygen atoms in total. The molecule has 0 saturated heterocycles. The van der Waals surface area contributed by atoms with Crippen LogP contribution >= 0.6 is 0 Å². The fraction of sp³-hybridized carbons (Fsp3) is 0.400. The van der Waals surface area contributed by atoms with E-state index in [2.05, 4.69) is 0 Å². The van der Waals surface area contributed by atoms with E-state index in [0.29, 0.717) is 41.5 Å². The second kappa shape index (κ2) is 6.98. The first-order valence-electron chi connectivity index (χ1n) is 9.08. The Kier molecular flexibility index (Phi) is 4.51. The highest BCUT2D eigenvalue weighted by Gasteiger charge is 2.27. The van der Waals surface area contributed by atoms with Gasteiger partial charge in [0.05, 0.1) is 37.1 Å². The highest BCUT2D eigenvalue weighted by atomic mass is 16.5. The Hall–Kier alpha value is -2.96. The Balaban J connectivity index is 1.93. The van der Waals surface area contributed by atoms with Crippen molar-refractivity contribution in [3.05, 3.63) is 35.0 Å². The average Bonchev–Trinajstić information content (AvgIpc) is 2.91. The third-order valence-corrected chi connectivity index (χ3v) is 5.05. The normalized spacial score (nSPS) is 15.6. The van der Waals surface area contributed by atoms with E-state index in [9.17, 15) is 14.7 Å². The third-order valence-electron chi connectivity index (χ3n) is 5.05. The summed E-state index contributed by atoms with van der Waals surface area (Å²) in [4.78, 5) is 24.2. The van der Waals surface area contributed by atoms with E-state index in [0.717, 1.165) is 37.9 Å². The van der Waals surface area contributed by atoms with Gasteiger partial charge in [0.15, 0.2) is 11.5 Å². The Morgan fingerprint density at radius 3 is 2.48 bits per heavy atom. The number of carboxylic acids is 1. The van der Waals surface area contributed by atoms with Gasteiger partial charge in [0.25, 0.3) is 0 Å². The van der Waals surface area contributed by atoms with Crippen molar-refractivity contribution < 1.29 is 28.9 Å². The molecule has 0 amide bonds. The van der Waals surface area contributed by atoms with E-state index >= 15 is 0 Å². The fourth-order valence-corrected chi connectivity index (χ4v) is 3.78. The first-order valence-corrected chi connectivity index (χ1v) is 9.08. The molecule has 4 rings (SSSR count). The van der Waals surface area contributed by atoms with E-state index in [1.807, 2.05) is 4.57 Å². The van der Waals surface area contributed by atoms with Crippen LogP contribution in [0.4, 0.5) is 0 Å². The van der Waals surface area contributed by atoms with Crippen LogP contribution in [0, 0.1) is 0 Å². The zero-order valence-corrected chi connectivity index (χ0v) is 15.1. The van der Waals surface area contributed by atoms with E-state index in [1.54, 1.807) is 12.1 Å². The molecular formula is C20H21NO6. The average molecular weight is 371 g/mol. The van der Waals surface area contributed by atoms with Gasteiger partial charge in [0, 0.05) is 24.2 Å². The number of rotatable bonds is 3. The number of carbonyl (C=O) groups excluding carboxylic acids is 1. The zero-order valence-electron chi connectivity index (χ0n) is 15.1. The molecule has 0 atom stereocenters. The summed E-state index contributed by atoms with van der Waals surface area (Å²) in [7, 11) is 1.35. The van der Waals surface area contributed by atoms with Crippen molar-refractivity contribution in [2.45, 2.75) is 32.2 Å². The molecule has 3 heterocycles. The SMILES string of the molecule is COC(=O)c1cc(-c2cc3c(cc2C(=O)O)OCCCO3)n2c1CCCC2. The number of aromatic carboxylic acids is 1. The molecule has 2 aromatic rings. The molecule has 0 aliphatic carbocycles. The summed E-state index contributed by atoms with van der Waals surface area (Å²) in [6.45, 7) is 1.73. The monoisotopic (exact) mass is 371 g/mol. The minimum atomic E-state index is -1.05. The number of methoxy groups -OCH3 is 1. The van der Waals surface area contributed by atoms with Crippen LogP contribution < -0.4 is 9.47 Å². The molecule has 1 N–H and O–H groups in total. The number of carboxylic acid groups (broad SMARTS) is 1. The minimum absolute atomic E-state index is 0.126. The minimum Gasteiger partial charge on any atom is -0.490 e. The lowest BCUT2D eigenvalue weighted by molar-refractivity contribution is 0.0598. The number of carbonyl (C=O) groups is 2. The molecular weight excluding hydrogens is 350 g/mol.